The maximum absolute atomic E-state index is 11.5. The molecule has 110 valence electrons. The second-order valence-electron chi connectivity index (χ2n) is 5.05. The number of anilines is 3. The van der Waals surface area contributed by atoms with Gasteiger partial charge in [-0.1, -0.05) is 17.7 Å². The van der Waals surface area contributed by atoms with Crippen molar-refractivity contribution in [2.45, 2.75) is 26.8 Å². The molecule has 0 atom stereocenters. The number of rotatable bonds is 4. The van der Waals surface area contributed by atoms with E-state index in [-0.39, 0.29) is 12.1 Å². The molecule has 0 radical (unpaired) electrons. The average Bonchev–Trinajstić information content (AvgIpc) is 2.42. The maximum Gasteiger partial charge on any atom is 0.320 e. The monoisotopic (exact) mass is 285 g/mol. The van der Waals surface area contributed by atoms with Crippen molar-refractivity contribution in [3.63, 3.8) is 0 Å². The van der Waals surface area contributed by atoms with Crippen LogP contribution in [0, 0.1) is 6.92 Å². The molecule has 0 aliphatic heterocycles. The van der Waals surface area contributed by atoms with Crippen molar-refractivity contribution in [2.75, 3.05) is 10.6 Å². The number of aryl methyl sites for hydroxylation is 1. The summed E-state index contributed by atoms with van der Waals surface area (Å²) in [4.78, 5) is 11.5. The minimum Gasteiger partial charge on any atom is -0.339 e. The van der Waals surface area contributed by atoms with Crippen molar-refractivity contribution >= 4 is 23.4 Å². The quantitative estimate of drug-likeness (QED) is 0.806. The molecular formula is C15H19N5O. The van der Waals surface area contributed by atoms with Gasteiger partial charge in [-0.2, -0.15) is 0 Å². The lowest BCUT2D eigenvalue weighted by Gasteiger charge is -2.09. The molecule has 21 heavy (non-hydrogen) atoms. The fraction of sp³-hybridized carbons (Fsp3) is 0.267. The van der Waals surface area contributed by atoms with Crippen molar-refractivity contribution in [2.24, 2.45) is 0 Å². The van der Waals surface area contributed by atoms with E-state index in [4.69, 9.17) is 0 Å². The number of benzene rings is 1. The second kappa shape index (κ2) is 6.69. The van der Waals surface area contributed by atoms with Crippen LogP contribution in [0.4, 0.5) is 22.1 Å². The van der Waals surface area contributed by atoms with E-state index in [0.717, 1.165) is 5.69 Å². The van der Waals surface area contributed by atoms with E-state index >= 15 is 0 Å². The zero-order valence-corrected chi connectivity index (χ0v) is 12.3. The molecule has 0 aliphatic rings. The summed E-state index contributed by atoms with van der Waals surface area (Å²) in [5.74, 6) is 1.02. The number of hydrogen-bond acceptors (Lipinski definition) is 4. The van der Waals surface area contributed by atoms with Gasteiger partial charge in [0.2, 0.25) is 0 Å². The zero-order valence-electron chi connectivity index (χ0n) is 12.3. The van der Waals surface area contributed by atoms with Crippen LogP contribution in [0.25, 0.3) is 0 Å². The minimum atomic E-state index is -0.293. The van der Waals surface area contributed by atoms with Crippen molar-refractivity contribution in [3.05, 3.63) is 42.0 Å². The Kier molecular flexibility index (Phi) is 4.71. The highest BCUT2D eigenvalue weighted by atomic mass is 16.2. The zero-order chi connectivity index (χ0) is 15.2. The van der Waals surface area contributed by atoms with Gasteiger partial charge in [0.15, 0.2) is 11.6 Å². The number of hydrogen-bond donors (Lipinski definition) is 3. The Balaban J connectivity index is 1.95. The molecule has 1 aromatic carbocycles. The first-order chi connectivity index (χ1) is 10.0. The van der Waals surface area contributed by atoms with Crippen LogP contribution in [-0.2, 0) is 0 Å². The number of carbonyl (C=O) groups excluding carboxylic acids is 1. The molecule has 2 aromatic rings. The molecule has 6 heteroatoms. The number of nitrogens with one attached hydrogen (secondary N) is 3. The Morgan fingerprint density at radius 3 is 2.19 bits per heavy atom. The van der Waals surface area contributed by atoms with Crippen LogP contribution in [0.15, 0.2) is 36.4 Å². The van der Waals surface area contributed by atoms with E-state index in [9.17, 15) is 4.79 Å². The standard InChI is InChI=1S/C15H19N5O/c1-10(2)16-15(21)18-14-9-8-13(19-20-14)17-12-6-4-11(3)5-7-12/h4-10H,1-3H3,(H,17,19)(H2,16,18,20,21). The summed E-state index contributed by atoms with van der Waals surface area (Å²) in [5, 5.41) is 16.5. The number of nitrogens with zero attached hydrogens (tertiary/aromatic N) is 2. The fourth-order valence-electron chi connectivity index (χ4n) is 1.66. The molecule has 2 amide bonds. The molecule has 6 nitrogen and oxygen atoms in total. The van der Waals surface area contributed by atoms with Crippen molar-refractivity contribution in [1.29, 1.82) is 0 Å². The van der Waals surface area contributed by atoms with E-state index in [0.29, 0.717) is 11.6 Å². The first-order valence-corrected chi connectivity index (χ1v) is 6.78. The lowest BCUT2D eigenvalue weighted by atomic mass is 10.2. The summed E-state index contributed by atoms with van der Waals surface area (Å²) >= 11 is 0. The van der Waals surface area contributed by atoms with E-state index in [1.54, 1.807) is 12.1 Å². The number of amides is 2. The second-order valence-corrected chi connectivity index (χ2v) is 5.05. The summed E-state index contributed by atoms with van der Waals surface area (Å²) in [6.07, 6.45) is 0. The lowest BCUT2D eigenvalue weighted by Crippen LogP contribution is -2.34. The van der Waals surface area contributed by atoms with Crippen molar-refractivity contribution in [1.82, 2.24) is 15.5 Å². The van der Waals surface area contributed by atoms with Gasteiger partial charge in [-0.05, 0) is 45.0 Å². The SMILES string of the molecule is Cc1ccc(Nc2ccc(NC(=O)NC(C)C)nn2)cc1. The maximum atomic E-state index is 11.5. The fourth-order valence-corrected chi connectivity index (χ4v) is 1.66. The molecule has 2 rings (SSSR count). The first-order valence-electron chi connectivity index (χ1n) is 6.78. The average molecular weight is 285 g/mol. The van der Waals surface area contributed by atoms with Gasteiger partial charge in [-0.25, -0.2) is 4.79 Å². The predicted molar refractivity (Wildman–Crippen MR) is 83.8 cm³/mol. The molecule has 1 heterocycles. The highest BCUT2D eigenvalue weighted by Gasteiger charge is 2.05. The Bertz CT molecular complexity index is 592. The highest BCUT2D eigenvalue weighted by Crippen LogP contribution is 2.15. The van der Waals surface area contributed by atoms with Gasteiger partial charge in [0.05, 0.1) is 0 Å². The molecule has 0 bridgehead atoms. The molecule has 0 aliphatic carbocycles. The minimum absolute atomic E-state index is 0.0698. The van der Waals surface area contributed by atoms with Crippen LogP contribution in [0.3, 0.4) is 0 Å². The van der Waals surface area contributed by atoms with Crippen LogP contribution < -0.4 is 16.0 Å². The molecule has 1 aromatic heterocycles. The van der Waals surface area contributed by atoms with E-state index in [2.05, 4.69) is 26.1 Å². The van der Waals surface area contributed by atoms with Gasteiger partial charge >= 0.3 is 6.03 Å². The highest BCUT2D eigenvalue weighted by molar-refractivity contribution is 5.88. The van der Waals surface area contributed by atoms with Crippen LogP contribution >= 0.6 is 0 Å². The van der Waals surface area contributed by atoms with Crippen LogP contribution in [0.1, 0.15) is 19.4 Å². The van der Waals surface area contributed by atoms with Gasteiger partial charge in [0.1, 0.15) is 0 Å². The van der Waals surface area contributed by atoms with Gasteiger partial charge in [-0.15, -0.1) is 10.2 Å². The van der Waals surface area contributed by atoms with E-state index in [1.165, 1.54) is 5.56 Å². The summed E-state index contributed by atoms with van der Waals surface area (Å²) in [6.45, 7) is 5.81. The van der Waals surface area contributed by atoms with Gasteiger partial charge < -0.3 is 10.6 Å². The Morgan fingerprint density at radius 2 is 1.62 bits per heavy atom. The largest absolute Gasteiger partial charge is 0.339 e. The summed E-state index contributed by atoms with van der Waals surface area (Å²) in [6, 6.07) is 11.2. The first kappa shape index (κ1) is 14.8. The third-order valence-electron chi connectivity index (χ3n) is 2.65. The van der Waals surface area contributed by atoms with E-state index in [1.807, 2.05) is 45.0 Å². The van der Waals surface area contributed by atoms with Gasteiger partial charge in [0.25, 0.3) is 0 Å². The van der Waals surface area contributed by atoms with Crippen molar-refractivity contribution in [3.8, 4) is 0 Å². The Hall–Kier alpha value is -2.63. The van der Waals surface area contributed by atoms with E-state index < -0.39 is 0 Å². The van der Waals surface area contributed by atoms with Crippen LogP contribution in [0.5, 0.6) is 0 Å². The number of carbonyl (C=O) groups is 1. The Morgan fingerprint density at radius 1 is 1.00 bits per heavy atom. The summed E-state index contributed by atoms with van der Waals surface area (Å²) < 4.78 is 0. The van der Waals surface area contributed by atoms with Gasteiger partial charge in [0, 0.05) is 11.7 Å². The molecular weight excluding hydrogens is 266 g/mol. The third kappa shape index (κ3) is 4.76. The van der Waals surface area contributed by atoms with Crippen LogP contribution in [0.2, 0.25) is 0 Å². The predicted octanol–water partition coefficient (Wildman–Crippen LogP) is 3.06. The number of aromatic nitrogens is 2. The molecule has 3 N–H and O–H groups in total. The molecule has 0 saturated carbocycles. The summed E-state index contributed by atoms with van der Waals surface area (Å²) in [7, 11) is 0. The molecule has 0 fully saturated rings. The lowest BCUT2D eigenvalue weighted by molar-refractivity contribution is 0.250. The Labute approximate surface area is 124 Å². The van der Waals surface area contributed by atoms with Gasteiger partial charge in [-0.3, -0.25) is 5.32 Å². The molecule has 0 unspecified atom stereocenters. The van der Waals surface area contributed by atoms with Crippen LogP contribution in [-0.4, -0.2) is 22.3 Å². The molecule has 0 spiro atoms. The third-order valence-corrected chi connectivity index (χ3v) is 2.65. The smallest absolute Gasteiger partial charge is 0.320 e. The normalized spacial score (nSPS) is 10.3. The molecule has 0 saturated heterocycles. The summed E-state index contributed by atoms with van der Waals surface area (Å²) in [5.41, 5.74) is 2.13. The van der Waals surface area contributed by atoms with Crippen molar-refractivity contribution < 1.29 is 4.79 Å². The topological polar surface area (TPSA) is 78.9 Å². The number of urea groups is 1.